The van der Waals surface area contributed by atoms with Gasteiger partial charge in [-0.3, -0.25) is 4.79 Å². The van der Waals surface area contributed by atoms with Crippen LogP contribution < -0.4 is 0 Å². The van der Waals surface area contributed by atoms with Crippen LogP contribution in [0.1, 0.15) is 34.8 Å². The maximum atomic E-state index is 12.7. The molecular formula is C14H13F3O4. The number of ether oxygens (including phenoxy) is 1. The highest BCUT2D eigenvalue weighted by molar-refractivity contribution is 5.88. The average Bonchev–Trinajstić information content (AvgIpc) is 2.37. The Hall–Kier alpha value is -2.31. The first-order chi connectivity index (χ1) is 9.74. The highest BCUT2D eigenvalue weighted by Crippen LogP contribution is 2.31. The van der Waals surface area contributed by atoms with Crippen LogP contribution in [-0.2, 0) is 15.7 Å². The van der Waals surface area contributed by atoms with Gasteiger partial charge < -0.3 is 9.84 Å². The number of hydrogen-bond donors (Lipinski definition) is 1. The third-order valence-corrected chi connectivity index (χ3v) is 2.43. The second-order valence-electron chi connectivity index (χ2n) is 4.06. The monoisotopic (exact) mass is 302 g/mol. The number of alkyl halides is 3. The molecule has 0 spiro atoms. The molecule has 0 saturated carbocycles. The Morgan fingerprint density at radius 3 is 2.48 bits per heavy atom. The minimum absolute atomic E-state index is 0.0477. The molecule has 1 aromatic rings. The third-order valence-electron chi connectivity index (χ3n) is 2.43. The van der Waals surface area contributed by atoms with Crippen molar-refractivity contribution in [3.8, 4) is 0 Å². The standard InChI is InChI=1S/C14H13F3O4/c1-2-21-12(18)5-3-4-9-6-10(13(19)20)8-11(7-9)14(15,16)17/h3-4,6-8H,2,5H2,1H3,(H,19,20). The minimum atomic E-state index is -4.64. The van der Waals surface area contributed by atoms with Crippen LogP contribution in [0.25, 0.3) is 6.08 Å². The summed E-state index contributed by atoms with van der Waals surface area (Å²) < 4.78 is 42.7. The molecular weight excluding hydrogens is 289 g/mol. The summed E-state index contributed by atoms with van der Waals surface area (Å²) in [7, 11) is 0. The van der Waals surface area contributed by atoms with Gasteiger partial charge in [-0.15, -0.1) is 0 Å². The number of hydrogen-bond acceptors (Lipinski definition) is 3. The third kappa shape index (κ3) is 5.29. The van der Waals surface area contributed by atoms with Gasteiger partial charge in [-0.2, -0.15) is 13.2 Å². The van der Waals surface area contributed by atoms with Crippen molar-refractivity contribution in [1.29, 1.82) is 0 Å². The molecule has 0 saturated heterocycles. The highest BCUT2D eigenvalue weighted by Gasteiger charge is 2.31. The SMILES string of the molecule is CCOC(=O)CC=Cc1cc(C(=O)O)cc(C(F)(F)F)c1. The minimum Gasteiger partial charge on any atom is -0.478 e. The molecule has 0 aliphatic carbocycles. The van der Waals surface area contributed by atoms with Gasteiger partial charge in [0, 0.05) is 0 Å². The fourth-order valence-corrected chi connectivity index (χ4v) is 1.55. The number of aromatic carboxylic acids is 1. The van der Waals surface area contributed by atoms with E-state index in [0.717, 1.165) is 12.1 Å². The van der Waals surface area contributed by atoms with Gasteiger partial charge in [-0.25, -0.2) is 4.79 Å². The molecule has 1 rings (SSSR count). The molecule has 0 fully saturated rings. The van der Waals surface area contributed by atoms with Gasteiger partial charge in [0.2, 0.25) is 0 Å². The molecule has 0 aromatic heterocycles. The zero-order valence-electron chi connectivity index (χ0n) is 11.1. The predicted molar refractivity (Wildman–Crippen MR) is 68.7 cm³/mol. The number of carboxylic acids is 1. The van der Waals surface area contributed by atoms with E-state index in [9.17, 15) is 22.8 Å². The van der Waals surface area contributed by atoms with Crippen LogP contribution in [-0.4, -0.2) is 23.7 Å². The van der Waals surface area contributed by atoms with Gasteiger partial charge in [-0.1, -0.05) is 12.2 Å². The molecule has 0 radical (unpaired) electrons. The van der Waals surface area contributed by atoms with Crippen LogP contribution in [0, 0.1) is 0 Å². The number of rotatable bonds is 5. The van der Waals surface area contributed by atoms with Crippen molar-refractivity contribution in [2.75, 3.05) is 6.61 Å². The number of halogens is 3. The lowest BCUT2D eigenvalue weighted by atomic mass is 10.0. The van der Waals surface area contributed by atoms with Crippen molar-refractivity contribution in [1.82, 2.24) is 0 Å². The van der Waals surface area contributed by atoms with Gasteiger partial charge in [-0.05, 0) is 30.7 Å². The maximum absolute atomic E-state index is 12.7. The van der Waals surface area contributed by atoms with E-state index in [1.807, 2.05) is 0 Å². The van der Waals surface area contributed by atoms with Gasteiger partial charge in [0.15, 0.2) is 0 Å². The zero-order chi connectivity index (χ0) is 16.0. The van der Waals surface area contributed by atoms with E-state index in [2.05, 4.69) is 4.74 Å². The molecule has 7 heteroatoms. The van der Waals surface area contributed by atoms with Crippen LogP contribution in [0.3, 0.4) is 0 Å². The van der Waals surface area contributed by atoms with Crippen LogP contribution in [0.2, 0.25) is 0 Å². The quantitative estimate of drug-likeness (QED) is 0.847. The molecule has 4 nitrogen and oxygen atoms in total. The Kier molecular flexibility index (Phi) is 5.52. The second kappa shape index (κ2) is 6.92. The summed E-state index contributed by atoms with van der Waals surface area (Å²) in [5.74, 6) is -1.97. The lowest BCUT2D eigenvalue weighted by Crippen LogP contribution is -2.08. The number of esters is 1. The van der Waals surface area contributed by atoms with Crippen LogP contribution in [0.5, 0.6) is 0 Å². The largest absolute Gasteiger partial charge is 0.478 e. The van der Waals surface area contributed by atoms with Crippen molar-refractivity contribution >= 4 is 18.0 Å². The van der Waals surface area contributed by atoms with Gasteiger partial charge in [0.05, 0.1) is 24.2 Å². The Morgan fingerprint density at radius 1 is 1.29 bits per heavy atom. The maximum Gasteiger partial charge on any atom is 0.416 e. The molecule has 0 bridgehead atoms. The Morgan fingerprint density at radius 2 is 1.95 bits per heavy atom. The summed E-state index contributed by atoms with van der Waals surface area (Å²) in [6.45, 7) is 1.84. The van der Waals surface area contributed by atoms with E-state index in [-0.39, 0.29) is 18.6 Å². The first-order valence-corrected chi connectivity index (χ1v) is 6.01. The molecule has 0 atom stereocenters. The highest BCUT2D eigenvalue weighted by atomic mass is 19.4. The summed E-state index contributed by atoms with van der Waals surface area (Å²) in [5.41, 5.74) is -1.48. The van der Waals surface area contributed by atoms with Gasteiger partial charge >= 0.3 is 18.1 Å². The number of carboxylic acid groups (broad SMARTS) is 1. The molecule has 0 aliphatic rings. The molecule has 0 aliphatic heterocycles. The van der Waals surface area contributed by atoms with Crippen molar-refractivity contribution in [3.63, 3.8) is 0 Å². The smallest absolute Gasteiger partial charge is 0.416 e. The van der Waals surface area contributed by atoms with Crippen LogP contribution in [0.15, 0.2) is 24.3 Å². The summed E-state index contributed by atoms with van der Waals surface area (Å²) in [6, 6.07) is 2.47. The van der Waals surface area contributed by atoms with Crippen LogP contribution >= 0.6 is 0 Å². The molecule has 114 valence electrons. The average molecular weight is 302 g/mol. The second-order valence-corrected chi connectivity index (χ2v) is 4.06. The Balaban J connectivity index is 3.01. The number of carbonyl (C=O) groups excluding carboxylic acids is 1. The van der Waals surface area contributed by atoms with Gasteiger partial charge in [0.1, 0.15) is 0 Å². The molecule has 1 N–H and O–H groups in total. The van der Waals surface area contributed by atoms with E-state index in [4.69, 9.17) is 5.11 Å². The molecule has 21 heavy (non-hydrogen) atoms. The van der Waals surface area contributed by atoms with E-state index in [1.54, 1.807) is 6.92 Å². The van der Waals surface area contributed by atoms with Gasteiger partial charge in [0.25, 0.3) is 0 Å². The topological polar surface area (TPSA) is 63.6 Å². The van der Waals surface area contributed by atoms with Crippen molar-refractivity contribution < 1.29 is 32.6 Å². The van der Waals surface area contributed by atoms with E-state index in [0.29, 0.717) is 6.07 Å². The molecule has 1 aromatic carbocycles. The summed E-state index contributed by atoms with van der Waals surface area (Å²) >= 11 is 0. The van der Waals surface area contributed by atoms with E-state index >= 15 is 0 Å². The lowest BCUT2D eigenvalue weighted by Gasteiger charge is -2.09. The molecule has 0 amide bonds. The number of benzene rings is 1. The van der Waals surface area contributed by atoms with E-state index in [1.165, 1.54) is 12.2 Å². The Labute approximate surface area is 118 Å². The summed E-state index contributed by atoms with van der Waals surface area (Å²) in [6.07, 6.45) is -2.18. The molecule has 0 heterocycles. The fourth-order valence-electron chi connectivity index (χ4n) is 1.55. The summed E-state index contributed by atoms with van der Waals surface area (Å²) in [5, 5.41) is 8.82. The summed E-state index contributed by atoms with van der Waals surface area (Å²) in [4.78, 5) is 21.9. The van der Waals surface area contributed by atoms with Crippen molar-refractivity contribution in [3.05, 3.63) is 41.0 Å². The Bertz CT molecular complexity index is 562. The number of carbonyl (C=O) groups is 2. The fraction of sp³-hybridized carbons (Fsp3) is 0.286. The van der Waals surface area contributed by atoms with Crippen molar-refractivity contribution in [2.45, 2.75) is 19.5 Å². The first-order valence-electron chi connectivity index (χ1n) is 6.01. The predicted octanol–water partition coefficient (Wildman–Crippen LogP) is 3.37. The van der Waals surface area contributed by atoms with Crippen molar-refractivity contribution in [2.24, 2.45) is 0 Å². The lowest BCUT2D eigenvalue weighted by molar-refractivity contribution is -0.142. The zero-order valence-corrected chi connectivity index (χ0v) is 11.1. The normalized spacial score (nSPS) is 11.6. The van der Waals surface area contributed by atoms with Crippen LogP contribution in [0.4, 0.5) is 13.2 Å². The first kappa shape index (κ1) is 16.7. The van der Waals surface area contributed by atoms with E-state index < -0.39 is 29.2 Å². The molecule has 0 unspecified atom stereocenters.